The Morgan fingerprint density at radius 3 is 2.90 bits per heavy atom. The van der Waals surface area contributed by atoms with Gasteiger partial charge in [0.05, 0.1) is 0 Å². The number of ether oxygens (including phenoxy) is 1. The molecule has 5 nitrogen and oxygen atoms in total. The third-order valence-electron chi connectivity index (χ3n) is 3.11. The number of halogens is 1. The third-order valence-corrected chi connectivity index (χ3v) is 3.11. The number of hydrogen-bond acceptors (Lipinski definition) is 4. The number of aryl methyl sites for hydroxylation is 1. The first-order chi connectivity index (χ1) is 9.61. The SMILES string of the molecule is CCNC(C)c1cc(F)ccc1OCc1nncn1C. The summed E-state index contributed by atoms with van der Waals surface area (Å²) in [5.74, 6) is 1.11. The first kappa shape index (κ1) is 14.5. The minimum atomic E-state index is -0.268. The molecule has 108 valence electrons. The van der Waals surface area contributed by atoms with Crippen molar-refractivity contribution in [1.29, 1.82) is 0 Å². The van der Waals surface area contributed by atoms with E-state index >= 15 is 0 Å². The molecule has 0 radical (unpaired) electrons. The molecule has 0 amide bonds. The van der Waals surface area contributed by atoms with Gasteiger partial charge in [0.25, 0.3) is 0 Å². The Hall–Kier alpha value is -1.95. The second kappa shape index (κ2) is 6.47. The van der Waals surface area contributed by atoms with Gasteiger partial charge < -0.3 is 14.6 Å². The van der Waals surface area contributed by atoms with E-state index in [-0.39, 0.29) is 11.9 Å². The maximum Gasteiger partial charge on any atom is 0.170 e. The molecule has 2 rings (SSSR count). The Morgan fingerprint density at radius 1 is 1.45 bits per heavy atom. The Kier molecular flexibility index (Phi) is 4.68. The van der Waals surface area contributed by atoms with Gasteiger partial charge in [0.1, 0.15) is 24.5 Å². The summed E-state index contributed by atoms with van der Waals surface area (Å²) >= 11 is 0. The zero-order valence-electron chi connectivity index (χ0n) is 11.9. The molecule has 0 aliphatic carbocycles. The lowest BCUT2D eigenvalue weighted by molar-refractivity contribution is 0.285. The van der Waals surface area contributed by atoms with Gasteiger partial charge in [0, 0.05) is 18.7 Å². The summed E-state index contributed by atoms with van der Waals surface area (Å²) in [5.41, 5.74) is 0.800. The second-order valence-corrected chi connectivity index (χ2v) is 4.61. The van der Waals surface area contributed by atoms with Gasteiger partial charge in [-0.2, -0.15) is 0 Å². The Labute approximate surface area is 117 Å². The summed E-state index contributed by atoms with van der Waals surface area (Å²) in [7, 11) is 1.85. The summed E-state index contributed by atoms with van der Waals surface area (Å²) in [5, 5.41) is 11.0. The summed E-state index contributed by atoms with van der Waals surface area (Å²) in [4.78, 5) is 0. The van der Waals surface area contributed by atoms with Crippen molar-refractivity contribution in [3.8, 4) is 5.75 Å². The van der Waals surface area contributed by atoms with Crippen molar-refractivity contribution >= 4 is 0 Å². The van der Waals surface area contributed by atoms with E-state index in [1.807, 2.05) is 20.9 Å². The molecule has 0 fully saturated rings. The number of nitrogens with one attached hydrogen (secondary N) is 1. The molecule has 0 aliphatic rings. The van der Waals surface area contributed by atoms with Crippen molar-refractivity contribution in [3.63, 3.8) is 0 Å². The summed E-state index contributed by atoms with van der Waals surface area (Å²) in [6.45, 7) is 5.09. The largest absolute Gasteiger partial charge is 0.485 e. The molecule has 1 aromatic carbocycles. The van der Waals surface area contributed by atoms with E-state index in [0.29, 0.717) is 12.4 Å². The molecular weight excluding hydrogens is 259 g/mol. The quantitative estimate of drug-likeness (QED) is 0.880. The molecule has 0 bridgehead atoms. The highest BCUT2D eigenvalue weighted by Gasteiger charge is 2.13. The first-order valence-electron chi connectivity index (χ1n) is 6.60. The number of nitrogens with zero attached hydrogens (tertiary/aromatic N) is 3. The van der Waals surface area contributed by atoms with Gasteiger partial charge in [0.2, 0.25) is 0 Å². The van der Waals surface area contributed by atoms with E-state index in [0.717, 1.165) is 17.9 Å². The van der Waals surface area contributed by atoms with Crippen LogP contribution in [0.5, 0.6) is 5.75 Å². The average Bonchev–Trinajstić information content (AvgIpc) is 2.83. The minimum Gasteiger partial charge on any atom is -0.485 e. The summed E-state index contributed by atoms with van der Waals surface area (Å²) in [6, 6.07) is 4.56. The molecule has 1 unspecified atom stereocenters. The maximum absolute atomic E-state index is 13.4. The van der Waals surface area contributed by atoms with Gasteiger partial charge in [-0.1, -0.05) is 6.92 Å². The van der Waals surface area contributed by atoms with Gasteiger partial charge >= 0.3 is 0 Å². The van der Waals surface area contributed by atoms with E-state index in [4.69, 9.17) is 4.74 Å². The minimum absolute atomic E-state index is 0.0187. The van der Waals surface area contributed by atoms with Crippen LogP contribution in [0, 0.1) is 5.82 Å². The lowest BCUT2D eigenvalue weighted by Gasteiger charge is -2.17. The fourth-order valence-corrected chi connectivity index (χ4v) is 1.99. The van der Waals surface area contributed by atoms with E-state index in [9.17, 15) is 4.39 Å². The Morgan fingerprint density at radius 2 is 2.25 bits per heavy atom. The van der Waals surface area contributed by atoms with Crippen molar-refractivity contribution in [2.75, 3.05) is 6.54 Å². The van der Waals surface area contributed by atoms with Crippen LogP contribution in [0.1, 0.15) is 31.3 Å². The van der Waals surface area contributed by atoms with E-state index < -0.39 is 0 Å². The predicted octanol–water partition coefficient (Wildman–Crippen LogP) is 2.20. The maximum atomic E-state index is 13.4. The highest BCUT2D eigenvalue weighted by Crippen LogP contribution is 2.26. The normalized spacial score (nSPS) is 12.4. The molecule has 1 aromatic heterocycles. The molecule has 0 saturated heterocycles. The molecule has 20 heavy (non-hydrogen) atoms. The predicted molar refractivity (Wildman–Crippen MR) is 73.8 cm³/mol. The van der Waals surface area contributed by atoms with Gasteiger partial charge in [-0.05, 0) is 31.7 Å². The monoisotopic (exact) mass is 278 g/mol. The van der Waals surface area contributed by atoms with Crippen LogP contribution in [-0.4, -0.2) is 21.3 Å². The zero-order chi connectivity index (χ0) is 14.5. The van der Waals surface area contributed by atoms with E-state index in [1.165, 1.54) is 12.1 Å². The van der Waals surface area contributed by atoms with E-state index in [1.54, 1.807) is 17.0 Å². The molecular formula is C14H19FN4O. The van der Waals surface area contributed by atoms with Crippen LogP contribution in [0.4, 0.5) is 4.39 Å². The average molecular weight is 278 g/mol. The van der Waals surface area contributed by atoms with Crippen LogP contribution in [0.3, 0.4) is 0 Å². The Balaban J connectivity index is 2.16. The van der Waals surface area contributed by atoms with Crippen molar-refractivity contribution in [3.05, 3.63) is 41.7 Å². The van der Waals surface area contributed by atoms with Gasteiger partial charge in [-0.3, -0.25) is 0 Å². The van der Waals surface area contributed by atoms with E-state index in [2.05, 4.69) is 15.5 Å². The number of benzene rings is 1. The topological polar surface area (TPSA) is 52.0 Å². The fraction of sp³-hybridized carbons (Fsp3) is 0.429. The lowest BCUT2D eigenvalue weighted by Crippen LogP contribution is -2.19. The summed E-state index contributed by atoms with van der Waals surface area (Å²) in [6.07, 6.45) is 1.62. The van der Waals surface area contributed by atoms with Crippen molar-refractivity contribution in [1.82, 2.24) is 20.1 Å². The molecule has 1 heterocycles. The number of aromatic nitrogens is 3. The van der Waals surface area contributed by atoms with Crippen molar-refractivity contribution in [2.45, 2.75) is 26.5 Å². The first-order valence-corrected chi connectivity index (χ1v) is 6.60. The van der Waals surface area contributed by atoms with Crippen molar-refractivity contribution < 1.29 is 9.13 Å². The van der Waals surface area contributed by atoms with Crippen molar-refractivity contribution in [2.24, 2.45) is 7.05 Å². The van der Waals surface area contributed by atoms with Gasteiger partial charge in [-0.15, -0.1) is 10.2 Å². The summed E-state index contributed by atoms with van der Waals surface area (Å²) < 4.78 is 21.0. The van der Waals surface area contributed by atoms with Crippen LogP contribution in [-0.2, 0) is 13.7 Å². The van der Waals surface area contributed by atoms with Crippen LogP contribution in [0.25, 0.3) is 0 Å². The molecule has 1 atom stereocenters. The lowest BCUT2D eigenvalue weighted by atomic mass is 10.1. The fourth-order valence-electron chi connectivity index (χ4n) is 1.99. The molecule has 0 spiro atoms. The van der Waals surface area contributed by atoms with Gasteiger partial charge in [0.15, 0.2) is 5.82 Å². The number of hydrogen-bond donors (Lipinski definition) is 1. The zero-order valence-corrected chi connectivity index (χ0v) is 11.9. The van der Waals surface area contributed by atoms with Crippen LogP contribution in [0.2, 0.25) is 0 Å². The molecule has 2 aromatic rings. The number of rotatable bonds is 6. The Bertz CT molecular complexity index is 570. The molecule has 1 N–H and O–H groups in total. The van der Waals surface area contributed by atoms with Crippen LogP contribution < -0.4 is 10.1 Å². The smallest absolute Gasteiger partial charge is 0.170 e. The molecule has 0 aliphatic heterocycles. The highest BCUT2D eigenvalue weighted by atomic mass is 19.1. The molecule has 0 saturated carbocycles. The second-order valence-electron chi connectivity index (χ2n) is 4.61. The van der Waals surface area contributed by atoms with Crippen LogP contribution >= 0.6 is 0 Å². The van der Waals surface area contributed by atoms with Crippen LogP contribution in [0.15, 0.2) is 24.5 Å². The van der Waals surface area contributed by atoms with Gasteiger partial charge in [-0.25, -0.2) is 4.39 Å². The molecule has 6 heteroatoms. The highest BCUT2D eigenvalue weighted by molar-refractivity contribution is 5.36. The standard InChI is InChI=1S/C14H19FN4O/c1-4-16-10(2)12-7-11(15)5-6-13(12)20-8-14-18-17-9-19(14)3/h5-7,9-10,16H,4,8H2,1-3H3. The third kappa shape index (κ3) is 3.33.